The van der Waals surface area contributed by atoms with Gasteiger partial charge in [0.25, 0.3) is 0 Å². The van der Waals surface area contributed by atoms with Crippen molar-refractivity contribution in [2.45, 2.75) is 17.3 Å². The van der Waals surface area contributed by atoms with Crippen LogP contribution < -0.4 is 5.73 Å². The molecule has 0 bridgehead atoms. The molecule has 0 saturated carbocycles. The molecule has 9 heteroatoms. The fourth-order valence-corrected chi connectivity index (χ4v) is 2.94. The minimum atomic E-state index is -1.76. The van der Waals surface area contributed by atoms with Crippen molar-refractivity contribution >= 4 is 22.9 Å². The van der Waals surface area contributed by atoms with Crippen molar-refractivity contribution in [3.63, 3.8) is 0 Å². The quantitative estimate of drug-likeness (QED) is 0.527. The average molecular weight is 315 g/mol. The standard InChI is InChI=1S/C12H15ClN4O4/c13-3-11(4-18)10(19)12(20,5-21-11)8-2-1-7-9(14)15-6-16-17(7)8/h1-2,6,10,18-20H,3-5H2,(H2,14,15,16)/t10-,11-,12-/m1/s1. The van der Waals surface area contributed by atoms with Crippen LogP contribution in [0.15, 0.2) is 18.5 Å². The fraction of sp³-hybridized carbons (Fsp3) is 0.500. The Hall–Kier alpha value is -1.45. The monoisotopic (exact) mass is 314 g/mol. The molecule has 3 heterocycles. The average Bonchev–Trinajstić information content (AvgIpc) is 3.03. The normalized spacial score (nSPS) is 32.9. The molecule has 0 aliphatic carbocycles. The first kappa shape index (κ1) is 14.5. The zero-order valence-corrected chi connectivity index (χ0v) is 11.7. The Morgan fingerprint density at radius 2 is 2.29 bits per heavy atom. The molecule has 1 saturated heterocycles. The molecule has 0 radical (unpaired) electrons. The minimum Gasteiger partial charge on any atom is -0.393 e. The number of ether oxygens (including phenoxy) is 1. The Labute approximate surface area is 124 Å². The van der Waals surface area contributed by atoms with Gasteiger partial charge in [-0.1, -0.05) is 0 Å². The summed E-state index contributed by atoms with van der Waals surface area (Å²) in [4.78, 5) is 3.86. The summed E-state index contributed by atoms with van der Waals surface area (Å²) in [5.74, 6) is 0.0898. The third-order valence-corrected chi connectivity index (χ3v) is 4.40. The van der Waals surface area contributed by atoms with Crippen molar-refractivity contribution < 1.29 is 20.1 Å². The van der Waals surface area contributed by atoms with E-state index in [9.17, 15) is 15.3 Å². The lowest BCUT2D eigenvalue weighted by Gasteiger charge is -2.31. The smallest absolute Gasteiger partial charge is 0.158 e. The molecule has 0 spiro atoms. The lowest BCUT2D eigenvalue weighted by Crippen LogP contribution is -2.52. The molecule has 0 aromatic carbocycles. The molecular weight excluding hydrogens is 300 g/mol. The number of nitrogens with two attached hydrogens (primary N) is 1. The van der Waals surface area contributed by atoms with Crippen molar-refractivity contribution in [3.05, 3.63) is 24.2 Å². The summed E-state index contributed by atoms with van der Waals surface area (Å²) in [6, 6.07) is 3.21. The Morgan fingerprint density at radius 1 is 1.52 bits per heavy atom. The van der Waals surface area contributed by atoms with Gasteiger partial charge in [-0.05, 0) is 12.1 Å². The van der Waals surface area contributed by atoms with E-state index in [0.717, 1.165) is 0 Å². The molecule has 3 atom stereocenters. The van der Waals surface area contributed by atoms with E-state index in [4.69, 9.17) is 22.1 Å². The van der Waals surface area contributed by atoms with Gasteiger partial charge in [0.1, 0.15) is 23.5 Å². The Morgan fingerprint density at radius 3 is 2.90 bits per heavy atom. The van der Waals surface area contributed by atoms with Gasteiger partial charge in [-0.25, -0.2) is 9.50 Å². The molecule has 114 valence electrons. The van der Waals surface area contributed by atoms with E-state index >= 15 is 0 Å². The third-order valence-electron chi connectivity index (χ3n) is 3.95. The summed E-state index contributed by atoms with van der Waals surface area (Å²) in [7, 11) is 0. The summed E-state index contributed by atoms with van der Waals surface area (Å²) >= 11 is 5.78. The van der Waals surface area contributed by atoms with Crippen LogP contribution in [0, 0.1) is 0 Å². The number of halogens is 1. The molecule has 5 N–H and O–H groups in total. The van der Waals surface area contributed by atoms with E-state index in [0.29, 0.717) is 11.2 Å². The number of hydrogen-bond acceptors (Lipinski definition) is 7. The van der Waals surface area contributed by atoms with Crippen LogP contribution >= 0.6 is 11.6 Å². The van der Waals surface area contributed by atoms with Crippen LogP contribution in [-0.2, 0) is 10.3 Å². The topological polar surface area (TPSA) is 126 Å². The van der Waals surface area contributed by atoms with Crippen molar-refractivity contribution in [2.75, 3.05) is 24.8 Å². The molecule has 1 aliphatic heterocycles. The number of fused-ring (bicyclic) bond motifs is 1. The van der Waals surface area contributed by atoms with Gasteiger partial charge in [0.2, 0.25) is 0 Å². The van der Waals surface area contributed by atoms with Crippen LogP contribution in [-0.4, -0.2) is 60.7 Å². The zero-order chi connectivity index (χ0) is 15.3. The van der Waals surface area contributed by atoms with Crippen molar-refractivity contribution in [1.82, 2.24) is 14.6 Å². The van der Waals surface area contributed by atoms with Crippen LogP contribution in [0.4, 0.5) is 5.82 Å². The van der Waals surface area contributed by atoms with E-state index in [1.807, 2.05) is 0 Å². The van der Waals surface area contributed by atoms with E-state index in [-0.39, 0.29) is 18.3 Å². The van der Waals surface area contributed by atoms with E-state index in [2.05, 4.69) is 10.1 Å². The number of aliphatic hydroxyl groups excluding tert-OH is 2. The molecule has 21 heavy (non-hydrogen) atoms. The largest absolute Gasteiger partial charge is 0.393 e. The van der Waals surface area contributed by atoms with Crippen molar-refractivity contribution in [2.24, 2.45) is 0 Å². The minimum absolute atomic E-state index is 0.159. The van der Waals surface area contributed by atoms with E-state index in [1.165, 1.54) is 10.8 Å². The Balaban J connectivity index is 2.12. The number of nitrogen functional groups attached to an aromatic ring is 1. The lowest BCUT2D eigenvalue weighted by atomic mass is 9.86. The first-order chi connectivity index (χ1) is 9.98. The number of rotatable bonds is 3. The zero-order valence-electron chi connectivity index (χ0n) is 11.0. The number of anilines is 1. The van der Waals surface area contributed by atoms with Crippen LogP contribution in [0.3, 0.4) is 0 Å². The van der Waals surface area contributed by atoms with Gasteiger partial charge in [0.15, 0.2) is 11.4 Å². The predicted octanol–water partition coefficient (Wildman–Crippen LogP) is -1.14. The highest BCUT2D eigenvalue weighted by molar-refractivity contribution is 6.18. The molecule has 3 rings (SSSR count). The second-order valence-electron chi connectivity index (χ2n) is 5.13. The van der Waals surface area contributed by atoms with Crippen molar-refractivity contribution in [3.8, 4) is 0 Å². The first-order valence-corrected chi connectivity index (χ1v) is 6.82. The molecule has 2 aromatic rings. The molecule has 0 amide bonds. The molecule has 1 fully saturated rings. The maximum Gasteiger partial charge on any atom is 0.158 e. The Bertz CT molecular complexity index is 674. The van der Waals surface area contributed by atoms with E-state index < -0.39 is 23.9 Å². The summed E-state index contributed by atoms with van der Waals surface area (Å²) in [5.41, 5.74) is 3.36. The predicted molar refractivity (Wildman–Crippen MR) is 73.8 cm³/mol. The summed E-state index contributed by atoms with van der Waals surface area (Å²) in [6.45, 7) is -0.738. The van der Waals surface area contributed by atoms with Gasteiger partial charge in [0, 0.05) is 0 Å². The molecule has 0 unspecified atom stereocenters. The van der Waals surface area contributed by atoms with Gasteiger partial charge in [0.05, 0.1) is 24.8 Å². The van der Waals surface area contributed by atoms with Crippen LogP contribution in [0.25, 0.3) is 5.52 Å². The molecule has 8 nitrogen and oxygen atoms in total. The number of aliphatic hydroxyl groups is 3. The summed E-state index contributed by atoms with van der Waals surface area (Å²) < 4.78 is 6.79. The summed E-state index contributed by atoms with van der Waals surface area (Å²) in [5, 5.41) is 34.8. The highest BCUT2D eigenvalue weighted by Crippen LogP contribution is 2.41. The van der Waals surface area contributed by atoms with Crippen LogP contribution in [0.2, 0.25) is 0 Å². The SMILES string of the molecule is Nc1ncnn2c([C@]3(O)CO[C@@](CO)(CCl)[C@H]3O)ccc12. The second-order valence-corrected chi connectivity index (χ2v) is 5.40. The molecule has 1 aliphatic rings. The van der Waals surface area contributed by atoms with Crippen LogP contribution in [0.1, 0.15) is 5.69 Å². The van der Waals surface area contributed by atoms with Gasteiger partial charge in [-0.2, -0.15) is 5.10 Å². The number of hydrogen-bond donors (Lipinski definition) is 4. The Kier molecular flexibility index (Phi) is 3.30. The van der Waals surface area contributed by atoms with Crippen LogP contribution in [0.5, 0.6) is 0 Å². The number of alkyl halides is 1. The first-order valence-electron chi connectivity index (χ1n) is 6.28. The highest BCUT2D eigenvalue weighted by atomic mass is 35.5. The molecular formula is C12H15ClN4O4. The second kappa shape index (κ2) is 4.79. The van der Waals surface area contributed by atoms with Gasteiger partial charge < -0.3 is 25.8 Å². The van der Waals surface area contributed by atoms with E-state index in [1.54, 1.807) is 12.1 Å². The third kappa shape index (κ3) is 1.84. The fourth-order valence-electron chi connectivity index (χ4n) is 2.63. The number of nitrogens with zero attached hydrogens (tertiary/aromatic N) is 3. The number of aromatic nitrogens is 3. The van der Waals surface area contributed by atoms with Gasteiger partial charge in [-0.15, -0.1) is 11.6 Å². The van der Waals surface area contributed by atoms with Gasteiger partial charge >= 0.3 is 0 Å². The molecule has 2 aromatic heterocycles. The lowest BCUT2D eigenvalue weighted by molar-refractivity contribution is -0.0982. The van der Waals surface area contributed by atoms with Gasteiger partial charge in [-0.3, -0.25) is 0 Å². The highest BCUT2D eigenvalue weighted by Gasteiger charge is 2.59. The maximum atomic E-state index is 10.8. The van der Waals surface area contributed by atoms with Crippen molar-refractivity contribution in [1.29, 1.82) is 0 Å². The summed E-state index contributed by atoms with van der Waals surface area (Å²) in [6.07, 6.45) is -0.167. The maximum absolute atomic E-state index is 10.8.